The van der Waals surface area contributed by atoms with Gasteiger partial charge in [-0.2, -0.15) is 0 Å². The van der Waals surface area contributed by atoms with Crippen molar-refractivity contribution in [1.82, 2.24) is 5.32 Å². The van der Waals surface area contributed by atoms with Crippen molar-refractivity contribution < 1.29 is 27.5 Å². The molecular weight excluding hydrogens is 397 g/mol. The standard InChI is InChI=1S/C22H25F3N2O3/c1-13-6-15(23)12-18(7-13)27(5)20(28)19(26-21(29)30-22(2,3)4)10-14-8-16(24)11-17(25)9-14/h6-9,11-12,19H,10H2,1-5H3,(H,26,29)/t19-/m0/s1. The Kier molecular flexibility index (Phi) is 7.12. The van der Waals surface area contributed by atoms with Gasteiger partial charge in [0, 0.05) is 25.2 Å². The first kappa shape index (κ1) is 23.3. The highest BCUT2D eigenvalue weighted by Crippen LogP contribution is 2.19. The van der Waals surface area contributed by atoms with Gasteiger partial charge in [0.15, 0.2) is 0 Å². The number of amides is 2. The molecule has 0 aliphatic heterocycles. The van der Waals surface area contributed by atoms with Crippen molar-refractivity contribution in [2.75, 3.05) is 11.9 Å². The smallest absolute Gasteiger partial charge is 0.408 e. The second-order valence-corrected chi connectivity index (χ2v) is 8.06. The van der Waals surface area contributed by atoms with Gasteiger partial charge in [-0.15, -0.1) is 0 Å². The van der Waals surface area contributed by atoms with Crippen molar-refractivity contribution >= 4 is 17.7 Å². The average Bonchev–Trinajstić information content (AvgIpc) is 2.56. The molecule has 2 aromatic rings. The van der Waals surface area contributed by atoms with Gasteiger partial charge in [0.25, 0.3) is 0 Å². The number of aryl methyl sites for hydroxylation is 1. The first-order chi connectivity index (χ1) is 13.8. The van der Waals surface area contributed by atoms with Crippen LogP contribution in [0.25, 0.3) is 0 Å². The molecule has 2 aromatic carbocycles. The number of carbonyl (C=O) groups excluding carboxylic acids is 2. The van der Waals surface area contributed by atoms with Gasteiger partial charge in [0.1, 0.15) is 29.1 Å². The summed E-state index contributed by atoms with van der Waals surface area (Å²) in [5.74, 6) is -2.73. The summed E-state index contributed by atoms with van der Waals surface area (Å²) in [5.41, 5.74) is 0.243. The normalized spacial score (nSPS) is 12.3. The van der Waals surface area contributed by atoms with Crippen molar-refractivity contribution in [2.24, 2.45) is 0 Å². The van der Waals surface area contributed by atoms with Gasteiger partial charge in [-0.1, -0.05) is 0 Å². The molecule has 0 aromatic heterocycles. The molecule has 0 fully saturated rings. The van der Waals surface area contributed by atoms with Crippen LogP contribution in [0.3, 0.4) is 0 Å². The van der Waals surface area contributed by atoms with E-state index in [1.165, 1.54) is 24.1 Å². The Bertz CT molecular complexity index is 901. The summed E-state index contributed by atoms with van der Waals surface area (Å²) in [5, 5.41) is 2.45. The molecule has 8 heteroatoms. The van der Waals surface area contributed by atoms with Crippen LogP contribution in [0.5, 0.6) is 0 Å². The SMILES string of the molecule is Cc1cc(F)cc(N(C)C(=O)[C@H](Cc2cc(F)cc(F)c2)NC(=O)OC(C)(C)C)c1. The third kappa shape index (κ3) is 6.79. The lowest BCUT2D eigenvalue weighted by molar-refractivity contribution is -0.120. The molecule has 0 spiro atoms. The van der Waals surface area contributed by atoms with Gasteiger partial charge in [-0.25, -0.2) is 18.0 Å². The van der Waals surface area contributed by atoms with E-state index in [1.807, 2.05) is 0 Å². The molecule has 162 valence electrons. The van der Waals surface area contributed by atoms with Crippen LogP contribution >= 0.6 is 0 Å². The number of hydrogen-bond donors (Lipinski definition) is 1. The minimum atomic E-state index is -1.20. The molecule has 0 saturated carbocycles. The fourth-order valence-corrected chi connectivity index (χ4v) is 2.89. The molecule has 2 amide bonds. The zero-order chi connectivity index (χ0) is 22.6. The molecular formula is C22H25F3N2O3. The van der Waals surface area contributed by atoms with Crippen LogP contribution in [0.2, 0.25) is 0 Å². The van der Waals surface area contributed by atoms with Crippen LogP contribution in [0.4, 0.5) is 23.7 Å². The predicted molar refractivity (Wildman–Crippen MR) is 108 cm³/mol. The minimum Gasteiger partial charge on any atom is -0.444 e. The average molecular weight is 422 g/mol. The molecule has 30 heavy (non-hydrogen) atoms. The molecule has 0 aliphatic rings. The lowest BCUT2D eigenvalue weighted by Gasteiger charge is -2.27. The summed E-state index contributed by atoms with van der Waals surface area (Å²) in [7, 11) is 1.42. The lowest BCUT2D eigenvalue weighted by Crippen LogP contribution is -2.50. The Labute approximate surface area is 173 Å². The fraction of sp³-hybridized carbons (Fsp3) is 0.364. The molecule has 2 rings (SSSR count). The highest BCUT2D eigenvalue weighted by molar-refractivity contribution is 5.98. The van der Waals surface area contributed by atoms with E-state index in [2.05, 4.69) is 5.32 Å². The summed E-state index contributed by atoms with van der Waals surface area (Å²) in [4.78, 5) is 26.5. The van der Waals surface area contributed by atoms with Crippen molar-refractivity contribution in [3.8, 4) is 0 Å². The summed E-state index contributed by atoms with van der Waals surface area (Å²) in [6.07, 6.45) is -1.05. The van der Waals surface area contributed by atoms with Crippen molar-refractivity contribution in [2.45, 2.75) is 45.8 Å². The highest BCUT2D eigenvalue weighted by Gasteiger charge is 2.28. The van der Waals surface area contributed by atoms with E-state index in [4.69, 9.17) is 4.74 Å². The molecule has 5 nitrogen and oxygen atoms in total. The van der Waals surface area contributed by atoms with Crippen LogP contribution in [0, 0.1) is 24.4 Å². The second kappa shape index (κ2) is 9.19. The van der Waals surface area contributed by atoms with Crippen LogP contribution in [0.1, 0.15) is 31.9 Å². The Balaban J connectivity index is 2.32. The number of anilines is 1. The van der Waals surface area contributed by atoms with E-state index in [-0.39, 0.29) is 17.7 Å². The minimum absolute atomic E-state index is 0.172. The molecule has 0 radical (unpaired) electrons. The topological polar surface area (TPSA) is 58.6 Å². The number of nitrogens with zero attached hydrogens (tertiary/aromatic N) is 1. The molecule has 0 saturated heterocycles. The monoisotopic (exact) mass is 422 g/mol. The lowest BCUT2D eigenvalue weighted by atomic mass is 10.0. The first-order valence-corrected chi connectivity index (χ1v) is 9.33. The summed E-state index contributed by atoms with van der Waals surface area (Å²) in [6.45, 7) is 6.66. The number of ether oxygens (including phenoxy) is 1. The zero-order valence-corrected chi connectivity index (χ0v) is 17.6. The van der Waals surface area contributed by atoms with Crippen LogP contribution in [-0.4, -0.2) is 30.7 Å². The second-order valence-electron chi connectivity index (χ2n) is 8.06. The maximum absolute atomic E-state index is 13.8. The Hall–Kier alpha value is -3.03. The summed E-state index contributed by atoms with van der Waals surface area (Å²) < 4.78 is 46.1. The number of likely N-dealkylation sites (N-methyl/N-ethyl adjacent to an activating group) is 1. The van der Waals surface area contributed by atoms with Crippen LogP contribution < -0.4 is 10.2 Å². The molecule has 1 N–H and O–H groups in total. The number of carbonyl (C=O) groups is 2. The number of alkyl carbamates (subject to hydrolysis) is 1. The van der Waals surface area contributed by atoms with Gasteiger partial charge < -0.3 is 15.0 Å². The number of benzene rings is 2. The largest absolute Gasteiger partial charge is 0.444 e. The Morgan fingerprint density at radius 3 is 2.10 bits per heavy atom. The number of rotatable bonds is 5. The van der Waals surface area contributed by atoms with E-state index >= 15 is 0 Å². The van der Waals surface area contributed by atoms with Crippen LogP contribution in [-0.2, 0) is 16.0 Å². The van der Waals surface area contributed by atoms with Crippen molar-refractivity contribution in [3.63, 3.8) is 0 Å². The molecule has 0 bridgehead atoms. The fourth-order valence-electron chi connectivity index (χ4n) is 2.89. The van der Waals surface area contributed by atoms with E-state index in [9.17, 15) is 22.8 Å². The van der Waals surface area contributed by atoms with Crippen molar-refractivity contribution in [1.29, 1.82) is 0 Å². The molecule has 0 heterocycles. The third-order valence-electron chi connectivity index (χ3n) is 4.10. The predicted octanol–water partition coefficient (Wildman–Crippen LogP) is 4.51. The molecule has 1 atom stereocenters. The van der Waals surface area contributed by atoms with Crippen LogP contribution in [0.15, 0.2) is 36.4 Å². The van der Waals surface area contributed by atoms with Gasteiger partial charge >= 0.3 is 6.09 Å². The van der Waals surface area contributed by atoms with E-state index in [0.29, 0.717) is 11.6 Å². The zero-order valence-electron chi connectivity index (χ0n) is 17.6. The highest BCUT2D eigenvalue weighted by atomic mass is 19.1. The van der Waals surface area contributed by atoms with E-state index < -0.39 is 41.1 Å². The Morgan fingerprint density at radius 1 is 1.00 bits per heavy atom. The van der Waals surface area contributed by atoms with E-state index in [1.54, 1.807) is 33.8 Å². The maximum atomic E-state index is 13.8. The third-order valence-corrected chi connectivity index (χ3v) is 4.10. The maximum Gasteiger partial charge on any atom is 0.408 e. The van der Waals surface area contributed by atoms with Gasteiger partial charge in [-0.3, -0.25) is 4.79 Å². The molecule has 0 aliphatic carbocycles. The molecule has 0 unspecified atom stereocenters. The Morgan fingerprint density at radius 2 is 1.57 bits per heavy atom. The summed E-state index contributed by atoms with van der Waals surface area (Å²) in [6, 6.07) is 5.76. The first-order valence-electron chi connectivity index (χ1n) is 9.33. The van der Waals surface area contributed by atoms with E-state index in [0.717, 1.165) is 12.1 Å². The number of halogens is 3. The van der Waals surface area contributed by atoms with Crippen molar-refractivity contribution in [3.05, 3.63) is 65.0 Å². The van der Waals surface area contributed by atoms with Gasteiger partial charge in [0.2, 0.25) is 5.91 Å². The summed E-state index contributed by atoms with van der Waals surface area (Å²) >= 11 is 0. The number of hydrogen-bond acceptors (Lipinski definition) is 3. The quantitative estimate of drug-likeness (QED) is 0.771. The van der Waals surface area contributed by atoms with Gasteiger partial charge in [0.05, 0.1) is 0 Å². The van der Waals surface area contributed by atoms with Gasteiger partial charge in [-0.05, 0) is 69.2 Å². The number of nitrogens with one attached hydrogen (secondary N) is 1.